The molecule has 0 fully saturated rings. The number of rotatable bonds is 5. The van der Waals surface area contributed by atoms with Gasteiger partial charge in [-0.1, -0.05) is 109 Å². The van der Waals surface area contributed by atoms with Crippen LogP contribution in [0.4, 0.5) is 0 Å². The van der Waals surface area contributed by atoms with Crippen LogP contribution in [-0.2, 0) is 0 Å². The van der Waals surface area contributed by atoms with Crippen LogP contribution in [0.1, 0.15) is 0 Å². The van der Waals surface area contributed by atoms with Gasteiger partial charge in [0.05, 0.1) is 16.6 Å². The Labute approximate surface area is 316 Å². The SMILES string of the molecule is Oc1c(O)c(O)c(-c2cccc3c2c2ccccc2n3-c2ccc3c(c2)sc2cccc(-c4nc(-c5ccccc5)nc(-c5ccccc5)n4)c23)c(O)c1O. The van der Waals surface area contributed by atoms with Gasteiger partial charge in [0.25, 0.3) is 0 Å². The molecule has 10 heteroatoms. The van der Waals surface area contributed by atoms with E-state index in [1.54, 1.807) is 23.5 Å². The molecule has 3 heterocycles. The molecular formula is C45H28N4O5S. The third-order valence-electron chi connectivity index (χ3n) is 10.0. The van der Waals surface area contributed by atoms with Crippen molar-refractivity contribution < 1.29 is 25.5 Å². The quantitative estimate of drug-likeness (QED) is 0.0867. The monoisotopic (exact) mass is 736 g/mol. The maximum Gasteiger partial charge on any atom is 0.208 e. The van der Waals surface area contributed by atoms with Crippen LogP contribution in [0.2, 0.25) is 0 Å². The van der Waals surface area contributed by atoms with E-state index in [1.807, 2.05) is 97.1 Å². The number of benzene rings is 7. The number of hydrogen-bond acceptors (Lipinski definition) is 9. The number of phenolic OH excluding ortho intramolecular Hbond substituents is 5. The van der Waals surface area contributed by atoms with Crippen LogP contribution in [-0.4, -0.2) is 45.1 Å². The van der Waals surface area contributed by atoms with Crippen molar-refractivity contribution in [2.24, 2.45) is 0 Å². The van der Waals surface area contributed by atoms with Crippen LogP contribution in [0.3, 0.4) is 0 Å². The van der Waals surface area contributed by atoms with Crippen LogP contribution in [0.15, 0.2) is 140 Å². The van der Waals surface area contributed by atoms with Gasteiger partial charge in [-0.05, 0) is 35.9 Å². The summed E-state index contributed by atoms with van der Waals surface area (Å²) in [7, 11) is 0. The number of aromatic hydroxyl groups is 5. The molecular weight excluding hydrogens is 709 g/mol. The summed E-state index contributed by atoms with van der Waals surface area (Å²) in [6.45, 7) is 0. The third kappa shape index (κ3) is 4.96. The van der Waals surface area contributed by atoms with Crippen molar-refractivity contribution in [1.29, 1.82) is 0 Å². The summed E-state index contributed by atoms with van der Waals surface area (Å²) in [5.41, 5.74) is 5.37. The van der Waals surface area contributed by atoms with E-state index in [0.717, 1.165) is 59.0 Å². The van der Waals surface area contributed by atoms with Crippen LogP contribution in [0.25, 0.3) is 93.0 Å². The van der Waals surface area contributed by atoms with Crippen molar-refractivity contribution in [3.05, 3.63) is 140 Å². The van der Waals surface area contributed by atoms with Crippen molar-refractivity contribution in [3.63, 3.8) is 0 Å². The number of phenols is 5. The van der Waals surface area contributed by atoms with Crippen LogP contribution >= 0.6 is 11.3 Å². The van der Waals surface area contributed by atoms with Gasteiger partial charge in [-0.2, -0.15) is 0 Å². The molecule has 0 spiro atoms. The lowest BCUT2D eigenvalue weighted by atomic mass is 9.96. The molecule has 0 aliphatic heterocycles. The van der Waals surface area contributed by atoms with Gasteiger partial charge >= 0.3 is 0 Å². The maximum atomic E-state index is 10.9. The molecule has 10 rings (SSSR count). The standard InChI is InChI=1S/C45H28N4O5S/c50-38-37(39(51)41(53)42(54)40(38)52)29-16-9-19-32-35(29)27-15-7-8-18-31(27)49(32)26-21-22-28-34(23-26)55-33-20-10-17-30(36(28)33)45-47-43(24-11-3-1-4-12-24)46-44(48-45)25-13-5-2-6-14-25/h1-23,50-54H. The highest BCUT2D eigenvalue weighted by Gasteiger charge is 2.27. The van der Waals surface area contributed by atoms with Crippen molar-refractivity contribution in [2.75, 3.05) is 0 Å². The molecule has 0 aliphatic carbocycles. The fourth-order valence-electron chi connectivity index (χ4n) is 7.52. The van der Waals surface area contributed by atoms with E-state index in [9.17, 15) is 25.5 Å². The van der Waals surface area contributed by atoms with Crippen molar-refractivity contribution in [1.82, 2.24) is 19.5 Å². The molecule has 5 N–H and O–H groups in total. The van der Waals surface area contributed by atoms with Gasteiger partial charge in [0.1, 0.15) is 0 Å². The summed E-state index contributed by atoms with van der Waals surface area (Å²) in [6.07, 6.45) is 0. The molecule has 0 unspecified atom stereocenters. The van der Waals surface area contributed by atoms with E-state index < -0.39 is 28.7 Å². The highest BCUT2D eigenvalue weighted by molar-refractivity contribution is 7.26. The van der Waals surface area contributed by atoms with Gasteiger partial charge in [0.15, 0.2) is 29.0 Å². The normalized spacial score (nSPS) is 11.6. The van der Waals surface area contributed by atoms with E-state index >= 15 is 0 Å². The molecule has 0 aliphatic rings. The largest absolute Gasteiger partial charge is 0.504 e. The van der Waals surface area contributed by atoms with Gasteiger partial charge in [0.2, 0.25) is 17.2 Å². The Morgan fingerprint density at radius 3 is 1.67 bits per heavy atom. The number of aromatic nitrogens is 4. The van der Waals surface area contributed by atoms with Crippen LogP contribution in [0.5, 0.6) is 28.7 Å². The first-order chi connectivity index (χ1) is 26.9. The van der Waals surface area contributed by atoms with E-state index in [1.165, 1.54) is 0 Å². The van der Waals surface area contributed by atoms with E-state index in [-0.39, 0.29) is 5.56 Å². The third-order valence-corrected chi connectivity index (χ3v) is 11.1. The molecule has 7 aromatic carbocycles. The van der Waals surface area contributed by atoms with Crippen molar-refractivity contribution >= 4 is 53.3 Å². The molecule has 0 amide bonds. The summed E-state index contributed by atoms with van der Waals surface area (Å²) in [5.74, 6) is -2.58. The van der Waals surface area contributed by atoms with Gasteiger partial charge < -0.3 is 30.1 Å². The molecule has 0 atom stereocenters. The highest BCUT2D eigenvalue weighted by atomic mass is 32.1. The average molecular weight is 737 g/mol. The van der Waals surface area contributed by atoms with Crippen LogP contribution < -0.4 is 0 Å². The zero-order chi connectivity index (χ0) is 37.4. The lowest BCUT2D eigenvalue weighted by Gasteiger charge is -2.14. The minimum Gasteiger partial charge on any atom is -0.504 e. The zero-order valence-corrected chi connectivity index (χ0v) is 29.5. The fraction of sp³-hybridized carbons (Fsp3) is 0. The first kappa shape index (κ1) is 32.2. The Morgan fingerprint density at radius 1 is 0.418 bits per heavy atom. The second-order valence-electron chi connectivity index (χ2n) is 13.2. The molecule has 10 aromatic rings. The molecule has 3 aromatic heterocycles. The Hall–Kier alpha value is -7.43. The summed E-state index contributed by atoms with van der Waals surface area (Å²) in [5, 5.41) is 56.4. The Kier molecular flexibility index (Phi) is 7.23. The van der Waals surface area contributed by atoms with Crippen molar-refractivity contribution in [2.45, 2.75) is 0 Å². The fourth-order valence-corrected chi connectivity index (χ4v) is 8.68. The highest BCUT2D eigenvalue weighted by Crippen LogP contribution is 2.56. The van der Waals surface area contributed by atoms with Crippen LogP contribution in [0, 0.1) is 0 Å². The smallest absolute Gasteiger partial charge is 0.208 e. The first-order valence-corrected chi connectivity index (χ1v) is 18.2. The summed E-state index contributed by atoms with van der Waals surface area (Å²) in [4.78, 5) is 14.9. The van der Waals surface area contributed by atoms with E-state index in [2.05, 4.69) is 34.9 Å². The average Bonchev–Trinajstić information content (AvgIpc) is 3.78. The topological polar surface area (TPSA) is 145 Å². The minimum absolute atomic E-state index is 0.196. The van der Waals surface area contributed by atoms with Gasteiger partial charge in [-0.25, -0.2) is 15.0 Å². The lowest BCUT2D eigenvalue weighted by Crippen LogP contribution is -2.00. The maximum absolute atomic E-state index is 10.9. The second kappa shape index (κ2) is 12.3. The van der Waals surface area contributed by atoms with E-state index in [4.69, 9.17) is 15.0 Å². The molecule has 0 saturated carbocycles. The lowest BCUT2D eigenvalue weighted by molar-refractivity contribution is 0.330. The number of thiophene rings is 1. The molecule has 9 nitrogen and oxygen atoms in total. The Bertz CT molecular complexity index is 3070. The molecule has 0 radical (unpaired) electrons. The predicted molar refractivity (Wildman–Crippen MR) is 217 cm³/mol. The van der Waals surface area contributed by atoms with Crippen molar-refractivity contribution in [3.8, 4) is 79.7 Å². The number of hydrogen-bond donors (Lipinski definition) is 5. The predicted octanol–water partition coefficient (Wildman–Crippen LogP) is 10.5. The summed E-state index contributed by atoms with van der Waals surface area (Å²) >= 11 is 1.67. The summed E-state index contributed by atoms with van der Waals surface area (Å²) in [6, 6.07) is 45.5. The molecule has 0 saturated heterocycles. The molecule has 55 heavy (non-hydrogen) atoms. The molecule has 0 bridgehead atoms. The van der Waals surface area contributed by atoms with Gasteiger partial charge in [-0.15, -0.1) is 11.3 Å². The van der Waals surface area contributed by atoms with Gasteiger partial charge in [-0.3, -0.25) is 0 Å². The number of para-hydroxylation sites is 1. The second-order valence-corrected chi connectivity index (χ2v) is 14.3. The number of nitrogens with zero attached hydrogens (tertiary/aromatic N) is 4. The Morgan fingerprint density at radius 2 is 0.982 bits per heavy atom. The van der Waals surface area contributed by atoms with E-state index in [0.29, 0.717) is 28.4 Å². The summed E-state index contributed by atoms with van der Waals surface area (Å²) < 4.78 is 4.23. The zero-order valence-electron chi connectivity index (χ0n) is 28.7. The Balaban J connectivity index is 1.18. The van der Waals surface area contributed by atoms with Gasteiger partial charge in [0, 0.05) is 53.3 Å². The first-order valence-electron chi connectivity index (χ1n) is 17.4. The molecule has 264 valence electrons. The number of fused-ring (bicyclic) bond motifs is 6. The minimum atomic E-state index is -1.00.